The summed E-state index contributed by atoms with van der Waals surface area (Å²) >= 11 is 0. The molecule has 0 aliphatic carbocycles. The number of rotatable bonds is 3. The van der Waals surface area contributed by atoms with Crippen molar-refractivity contribution in [2.24, 2.45) is 0 Å². The van der Waals surface area contributed by atoms with Gasteiger partial charge < -0.3 is 20.4 Å². The largest absolute Gasteiger partial charge is 0.507 e. The van der Waals surface area contributed by atoms with Gasteiger partial charge in [-0.25, -0.2) is 0 Å². The Hall–Kier alpha value is -2.36. The smallest absolute Gasteiger partial charge is 0.201 e. The minimum atomic E-state index is -0.551. The predicted molar refractivity (Wildman–Crippen MR) is 86.7 cm³/mol. The van der Waals surface area contributed by atoms with Gasteiger partial charge in [0.2, 0.25) is 5.75 Å². The Labute approximate surface area is 130 Å². The van der Waals surface area contributed by atoms with Crippen LogP contribution in [0.1, 0.15) is 43.4 Å². The molecule has 0 aromatic heterocycles. The summed E-state index contributed by atoms with van der Waals surface area (Å²) in [6, 6.07) is 5.02. The second-order valence-electron chi connectivity index (χ2n) is 5.83. The molecule has 0 spiro atoms. The Morgan fingerprint density at radius 3 is 2.14 bits per heavy atom. The van der Waals surface area contributed by atoms with Crippen LogP contribution in [0.3, 0.4) is 0 Å². The van der Waals surface area contributed by atoms with Crippen LogP contribution in [0, 0.1) is 6.92 Å². The van der Waals surface area contributed by atoms with E-state index in [0.29, 0.717) is 23.1 Å². The zero-order valence-corrected chi connectivity index (χ0v) is 13.3. The minimum absolute atomic E-state index is 0.0387. The van der Waals surface area contributed by atoms with Gasteiger partial charge in [-0.2, -0.15) is 0 Å². The van der Waals surface area contributed by atoms with E-state index in [9.17, 15) is 20.4 Å². The van der Waals surface area contributed by atoms with E-state index in [1.807, 2.05) is 33.8 Å². The maximum absolute atomic E-state index is 10.3. The molecule has 0 unspecified atom stereocenters. The van der Waals surface area contributed by atoms with E-state index in [0.717, 1.165) is 11.1 Å². The van der Waals surface area contributed by atoms with E-state index >= 15 is 0 Å². The highest BCUT2D eigenvalue weighted by Crippen LogP contribution is 2.49. The van der Waals surface area contributed by atoms with Gasteiger partial charge in [-0.15, -0.1) is 0 Å². The lowest BCUT2D eigenvalue weighted by Crippen LogP contribution is -1.98. The van der Waals surface area contributed by atoms with E-state index in [4.69, 9.17) is 0 Å². The lowest BCUT2D eigenvalue weighted by Gasteiger charge is -2.20. The third-order valence-corrected chi connectivity index (χ3v) is 4.00. The number of hydrogen-bond donors (Lipinski definition) is 4. The van der Waals surface area contributed by atoms with Gasteiger partial charge in [0, 0.05) is 11.1 Å². The summed E-state index contributed by atoms with van der Waals surface area (Å²) in [5.74, 6) is -1.12. The molecular formula is C18H22O4. The van der Waals surface area contributed by atoms with Crippen molar-refractivity contribution < 1.29 is 20.4 Å². The van der Waals surface area contributed by atoms with Gasteiger partial charge in [-0.1, -0.05) is 26.8 Å². The summed E-state index contributed by atoms with van der Waals surface area (Å²) in [7, 11) is 0. The lowest BCUT2D eigenvalue weighted by atomic mass is 9.87. The zero-order valence-electron chi connectivity index (χ0n) is 13.3. The van der Waals surface area contributed by atoms with Gasteiger partial charge in [-0.3, -0.25) is 0 Å². The maximum Gasteiger partial charge on any atom is 0.201 e. The molecule has 0 amide bonds. The number of aryl methyl sites for hydroxylation is 2. The van der Waals surface area contributed by atoms with Crippen molar-refractivity contribution in [2.45, 2.75) is 40.0 Å². The first-order chi connectivity index (χ1) is 10.3. The molecule has 2 aromatic carbocycles. The normalized spacial score (nSPS) is 11.1. The molecule has 4 nitrogen and oxygen atoms in total. The van der Waals surface area contributed by atoms with Crippen LogP contribution in [0.2, 0.25) is 0 Å². The highest BCUT2D eigenvalue weighted by Gasteiger charge is 2.23. The van der Waals surface area contributed by atoms with Crippen LogP contribution >= 0.6 is 0 Å². The molecule has 22 heavy (non-hydrogen) atoms. The summed E-state index contributed by atoms with van der Waals surface area (Å²) in [6.07, 6.45) is 0.496. The number of phenols is 4. The van der Waals surface area contributed by atoms with Gasteiger partial charge in [0.15, 0.2) is 11.5 Å². The molecule has 0 heterocycles. The second-order valence-corrected chi connectivity index (χ2v) is 5.83. The molecule has 0 aliphatic heterocycles. The fraction of sp³-hybridized carbons (Fsp3) is 0.333. The van der Waals surface area contributed by atoms with Crippen LogP contribution in [0.4, 0.5) is 0 Å². The fourth-order valence-corrected chi connectivity index (χ4v) is 2.90. The van der Waals surface area contributed by atoms with Gasteiger partial charge in [0.1, 0.15) is 5.75 Å². The maximum atomic E-state index is 10.3. The molecular weight excluding hydrogens is 280 g/mol. The van der Waals surface area contributed by atoms with Crippen LogP contribution in [0.5, 0.6) is 23.0 Å². The summed E-state index contributed by atoms with van der Waals surface area (Å²) in [5, 5.41) is 40.4. The third kappa shape index (κ3) is 2.45. The molecule has 2 aromatic rings. The van der Waals surface area contributed by atoms with Gasteiger partial charge in [0.05, 0.1) is 0 Å². The van der Waals surface area contributed by atoms with E-state index < -0.39 is 11.5 Å². The average Bonchev–Trinajstić information content (AvgIpc) is 2.47. The van der Waals surface area contributed by atoms with Crippen molar-refractivity contribution >= 4 is 0 Å². The molecule has 4 heteroatoms. The van der Waals surface area contributed by atoms with Crippen LogP contribution < -0.4 is 0 Å². The minimum Gasteiger partial charge on any atom is -0.507 e. The van der Waals surface area contributed by atoms with Crippen LogP contribution in [0.25, 0.3) is 11.1 Å². The van der Waals surface area contributed by atoms with Crippen molar-refractivity contribution in [1.29, 1.82) is 0 Å². The molecule has 0 aliphatic rings. The van der Waals surface area contributed by atoms with E-state index in [1.165, 1.54) is 0 Å². The van der Waals surface area contributed by atoms with Crippen LogP contribution in [-0.2, 0) is 6.42 Å². The topological polar surface area (TPSA) is 80.9 Å². The first-order valence-corrected chi connectivity index (χ1v) is 7.39. The van der Waals surface area contributed by atoms with Crippen molar-refractivity contribution in [2.75, 3.05) is 0 Å². The van der Waals surface area contributed by atoms with Crippen molar-refractivity contribution in [3.63, 3.8) is 0 Å². The molecule has 0 atom stereocenters. The Bertz CT molecular complexity index is 718. The molecule has 0 radical (unpaired) electrons. The summed E-state index contributed by atoms with van der Waals surface area (Å²) in [5.41, 5.74) is 3.24. The van der Waals surface area contributed by atoms with Crippen molar-refractivity contribution in [1.82, 2.24) is 0 Å². The third-order valence-electron chi connectivity index (χ3n) is 4.00. The van der Waals surface area contributed by atoms with Gasteiger partial charge in [0.25, 0.3) is 0 Å². The monoisotopic (exact) mass is 302 g/mol. The Kier molecular flexibility index (Phi) is 4.22. The molecule has 2 rings (SSSR count). The quantitative estimate of drug-likeness (QED) is 0.641. The number of phenolic OH excluding ortho intramolecular Hbond substituents is 4. The van der Waals surface area contributed by atoms with Crippen molar-refractivity contribution in [3.8, 4) is 34.1 Å². The van der Waals surface area contributed by atoms with Crippen LogP contribution in [-0.4, -0.2) is 20.4 Å². The molecule has 4 N–H and O–H groups in total. The van der Waals surface area contributed by atoms with E-state index in [-0.39, 0.29) is 17.4 Å². The standard InChI is InChI=1S/C18H22O4/c1-5-11-8-12(17(21)18(22)16(11)20)15-13(19)7-6-10(4)14(15)9(2)3/h6-9,19-22H,5H2,1-4H3. The zero-order chi connectivity index (χ0) is 16.6. The average molecular weight is 302 g/mol. The predicted octanol–water partition coefficient (Wildman–Crippen LogP) is 4.17. The summed E-state index contributed by atoms with van der Waals surface area (Å²) < 4.78 is 0. The summed E-state index contributed by atoms with van der Waals surface area (Å²) in [6.45, 7) is 7.79. The number of benzene rings is 2. The van der Waals surface area contributed by atoms with Gasteiger partial charge in [-0.05, 0) is 48.1 Å². The molecule has 0 saturated carbocycles. The highest BCUT2D eigenvalue weighted by atomic mass is 16.3. The van der Waals surface area contributed by atoms with Gasteiger partial charge >= 0.3 is 0 Å². The second kappa shape index (κ2) is 5.79. The molecule has 0 saturated heterocycles. The number of aromatic hydroxyl groups is 4. The number of hydrogen-bond acceptors (Lipinski definition) is 4. The fourth-order valence-electron chi connectivity index (χ4n) is 2.90. The van der Waals surface area contributed by atoms with E-state index in [2.05, 4.69) is 0 Å². The Morgan fingerprint density at radius 2 is 1.59 bits per heavy atom. The SMILES string of the molecule is CCc1cc(-c2c(O)ccc(C)c2C(C)C)c(O)c(O)c1O. The Morgan fingerprint density at radius 1 is 0.955 bits per heavy atom. The summed E-state index contributed by atoms with van der Waals surface area (Å²) in [4.78, 5) is 0. The molecule has 0 bridgehead atoms. The molecule has 0 fully saturated rings. The van der Waals surface area contributed by atoms with Crippen molar-refractivity contribution in [3.05, 3.63) is 34.9 Å². The Balaban J connectivity index is 2.89. The highest BCUT2D eigenvalue weighted by molar-refractivity contribution is 5.83. The van der Waals surface area contributed by atoms with Crippen LogP contribution in [0.15, 0.2) is 18.2 Å². The lowest BCUT2D eigenvalue weighted by molar-refractivity contribution is 0.366. The van der Waals surface area contributed by atoms with E-state index in [1.54, 1.807) is 12.1 Å². The first-order valence-electron chi connectivity index (χ1n) is 7.39. The molecule has 118 valence electrons. The first kappa shape index (κ1) is 16.0.